The first-order valence-electron chi connectivity index (χ1n) is 7.94. The van der Waals surface area contributed by atoms with Crippen molar-refractivity contribution in [3.8, 4) is 11.5 Å². The molecule has 9 heteroatoms. The van der Waals surface area contributed by atoms with E-state index in [0.29, 0.717) is 31.2 Å². The molecule has 1 aliphatic heterocycles. The molecule has 0 spiro atoms. The van der Waals surface area contributed by atoms with Crippen molar-refractivity contribution in [2.75, 3.05) is 19.9 Å². The summed E-state index contributed by atoms with van der Waals surface area (Å²) in [5.41, 5.74) is 1.06. The molecule has 0 fully saturated rings. The molecule has 0 bridgehead atoms. The largest absolute Gasteiger partial charge is 0.454 e. The van der Waals surface area contributed by atoms with Gasteiger partial charge < -0.3 is 24.6 Å². The first-order chi connectivity index (χ1) is 11.7. The summed E-state index contributed by atoms with van der Waals surface area (Å²) in [6.45, 7) is 6.10. The van der Waals surface area contributed by atoms with E-state index in [2.05, 4.69) is 25.8 Å². The number of guanidine groups is 1. The van der Waals surface area contributed by atoms with Crippen LogP contribution in [0.25, 0.3) is 0 Å². The second-order valence-corrected chi connectivity index (χ2v) is 5.29. The summed E-state index contributed by atoms with van der Waals surface area (Å²) in [6.07, 6.45) is 0.648. The molecule has 0 saturated heterocycles. The van der Waals surface area contributed by atoms with Gasteiger partial charge in [0, 0.05) is 19.5 Å². The third-order valence-electron chi connectivity index (χ3n) is 3.40. The number of benzene rings is 1. The van der Waals surface area contributed by atoms with Crippen molar-refractivity contribution in [1.82, 2.24) is 20.8 Å². The van der Waals surface area contributed by atoms with Crippen molar-refractivity contribution in [1.29, 1.82) is 0 Å². The fourth-order valence-corrected chi connectivity index (χ4v) is 2.28. The fourth-order valence-electron chi connectivity index (χ4n) is 2.28. The van der Waals surface area contributed by atoms with Gasteiger partial charge in [-0.1, -0.05) is 11.2 Å². The predicted octanol–water partition coefficient (Wildman–Crippen LogP) is 2.02. The number of nitrogens with one attached hydrogen (secondary N) is 2. The van der Waals surface area contributed by atoms with Gasteiger partial charge in [0.1, 0.15) is 0 Å². The van der Waals surface area contributed by atoms with E-state index >= 15 is 0 Å². The molecule has 8 nitrogen and oxygen atoms in total. The van der Waals surface area contributed by atoms with Crippen LogP contribution in [-0.4, -0.2) is 36.0 Å². The fraction of sp³-hybridized carbons (Fsp3) is 0.438. The summed E-state index contributed by atoms with van der Waals surface area (Å²) in [7, 11) is 0. The number of hydrogen-bond acceptors (Lipinski definition) is 6. The normalized spacial score (nSPS) is 12.6. The highest BCUT2D eigenvalue weighted by atomic mass is 127. The highest BCUT2D eigenvalue weighted by Crippen LogP contribution is 2.32. The molecule has 25 heavy (non-hydrogen) atoms. The Hall–Kier alpha value is -2.04. The van der Waals surface area contributed by atoms with E-state index in [9.17, 15) is 0 Å². The summed E-state index contributed by atoms with van der Waals surface area (Å²) in [4.78, 5) is 8.75. The van der Waals surface area contributed by atoms with Crippen LogP contribution in [-0.2, 0) is 13.0 Å². The number of ether oxygens (including phenoxy) is 2. The van der Waals surface area contributed by atoms with Gasteiger partial charge in [-0.2, -0.15) is 4.98 Å². The second-order valence-electron chi connectivity index (χ2n) is 5.29. The summed E-state index contributed by atoms with van der Waals surface area (Å²) < 4.78 is 15.8. The Kier molecular flexibility index (Phi) is 7.29. The lowest BCUT2D eigenvalue weighted by atomic mass is 10.2. The molecule has 2 aromatic rings. The topological polar surface area (TPSA) is 93.8 Å². The van der Waals surface area contributed by atoms with Crippen LogP contribution in [0.3, 0.4) is 0 Å². The third kappa shape index (κ3) is 5.48. The summed E-state index contributed by atoms with van der Waals surface area (Å²) in [6, 6.07) is 5.85. The number of hydrogen-bond donors (Lipinski definition) is 2. The highest BCUT2D eigenvalue weighted by Gasteiger charge is 2.13. The van der Waals surface area contributed by atoms with Crippen LogP contribution in [0.15, 0.2) is 27.7 Å². The zero-order valence-corrected chi connectivity index (χ0v) is 16.6. The quantitative estimate of drug-likeness (QED) is 0.388. The van der Waals surface area contributed by atoms with E-state index < -0.39 is 0 Å². The molecule has 2 N–H and O–H groups in total. The zero-order chi connectivity index (χ0) is 16.8. The number of fused-ring (bicyclic) bond motifs is 1. The average molecular weight is 459 g/mol. The van der Waals surface area contributed by atoms with Gasteiger partial charge in [-0.05, 0) is 31.5 Å². The minimum absolute atomic E-state index is 0. The Balaban J connectivity index is 0.00000225. The lowest BCUT2D eigenvalue weighted by molar-refractivity contribution is 0.174. The van der Waals surface area contributed by atoms with E-state index in [4.69, 9.17) is 14.0 Å². The van der Waals surface area contributed by atoms with Crippen molar-refractivity contribution in [2.45, 2.75) is 26.8 Å². The van der Waals surface area contributed by atoms with Crippen molar-refractivity contribution in [3.63, 3.8) is 0 Å². The van der Waals surface area contributed by atoms with Crippen LogP contribution in [0.2, 0.25) is 0 Å². The first kappa shape index (κ1) is 19.3. The van der Waals surface area contributed by atoms with E-state index in [0.717, 1.165) is 29.6 Å². The van der Waals surface area contributed by atoms with Crippen molar-refractivity contribution in [2.24, 2.45) is 4.99 Å². The van der Waals surface area contributed by atoms with Gasteiger partial charge in [-0.25, -0.2) is 4.99 Å². The van der Waals surface area contributed by atoms with Crippen LogP contribution in [0.4, 0.5) is 0 Å². The van der Waals surface area contributed by atoms with Crippen molar-refractivity contribution in [3.05, 3.63) is 35.5 Å². The van der Waals surface area contributed by atoms with Gasteiger partial charge in [-0.15, -0.1) is 24.0 Å². The maximum atomic E-state index is 5.38. The SMILES string of the molecule is CCNC(=NCc1ccc2c(c1)OCO2)NCCc1nc(C)no1.I. The Morgan fingerprint density at radius 3 is 2.84 bits per heavy atom. The molecular weight excluding hydrogens is 437 g/mol. The second kappa shape index (κ2) is 9.44. The number of halogens is 1. The minimum atomic E-state index is 0. The van der Waals surface area contributed by atoms with Crippen molar-refractivity contribution >= 4 is 29.9 Å². The van der Waals surface area contributed by atoms with Crippen LogP contribution >= 0.6 is 24.0 Å². The van der Waals surface area contributed by atoms with E-state index in [-0.39, 0.29) is 30.8 Å². The molecule has 0 aliphatic carbocycles. The van der Waals surface area contributed by atoms with Crippen LogP contribution < -0.4 is 20.1 Å². The lowest BCUT2D eigenvalue weighted by Gasteiger charge is -2.10. The molecule has 0 saturated carbocycles. The van der Waals surface area contributed by atoms with Gasteiger partial charge in [-0.3, -0.25) is 0 Å². The Morgan fingerprint density at radius 1 is 1.24 bits per heavy atom. The minimum Gasteiger partial charge on any atom is -0.454 e. The van der Waals surface area contributed by atoms with Crippen LogP contribution in [0.1, 0.15) is 24.2 Å². The third-order valence-corrected chi connectivity index (χ3v) is 3.40. The number of aryl methyl sites for hydroxylation is 1. The number of aliphatic imine (C=N–C) groups is 1. The van der Waals surface area contributed by atoms with Gasteiger partial charge in [0.15, 0.2) is 23.3 Å². The predicted molar refractivity (Wildman–Crippen MR) is 104 cm³/mol. The van der Waals surface area contributed by atoms with E-state index in [1.54, 1.807) is 6.92 Å². The van der Waals surface area contributed by atoms with Crippen molar-refractivity contribution < 1.29 is 14.0 Å². The van der Waals surface area contributed by atoms with Gasteiger partial charge in [0.25, 0.3) is 0 Å². The zero-order valence-electron chi connectivity index (χ0n) is 14.2. The Morgan fingerprint density at radius 2 is 2.08 bits per heavy atom. The lowest BCUT2D eigenvalue weighted by Crippen LogP contribution is -2.38. The molecule has 0 unspecified atom stereocenters. The maximum Gasteiger partial charge on any atom is 0.231 e. The molecule has 1 aromatic heterocycles. The molecule has 3 rings (SSSR count). The van der Waals surface area contributed by atoms with E-state index in [1.165, 1.54) is 0 Å². The number of rotatable bonds is 6. The summed E-state index contributed by atoms with van der Waals surface area (Å²) in [5, 5.41) is 10.2. The first-order valence-corrected chi connectivity index (χ1v) is 7.94. The molecule has 136 valence electrons. The Bertz CT molecular complexity index is 720. The monoisotopic (exact) mass is 459 g/mol. The number of aromatic nitrogens is 2. The van der Waals surface area contributed by atoms with Gasteiger partial charge in [0.2, 0.25) is 12.7 Å². The Labute approximate surface area is 163 Å². The molecular formula is C16H22IN5O3. The molecule has 2 heterocycles. The number of nitrogens with zero attached hydrogens (tertiary/aromatic N) is 3. The average Bonchev–Trinajstić information content (AvgIpc) is 3.20. The molecule has 1 aliphatic rings. The maximum absolute atomic E-state index is 5.38. The molecule has 0 atom stereocenters. The standard InChI is InChI=1S/C16H21N5O3.HI/c1-3-17-16(18-7-6-15-20-11(2)21-24-15)19-9-12-4-5-13-14(8-12)23-10-22-13;/h4-5,8H,3,6-7,9-10H2,1-2H3,(H2,17,18,19);1H. The smallest absolute Gasteiger partial charge is 0.231 e. The van der Waals surface area contributed by atoms with Crippen LogP contribution in [0.5, 0.6) is 11.5 Å². The molecule has 0 radical (unpaired) electrons. The van der Waals surface area contributed by atoms with Gasteiger partial charge >= 0.3 is 0 Å². The summed E-state index contributed by atoms with van der Waals surface area (Å²) in [5.74, 6) is 3.56. The van der Waals surface area contributed by atoms with Gasteiger partial charge in [0.05, 0.1) is 6.54 Å². The van der Waals surface area contributed by atoms with E-state index in [1.807, 2.05) is 25.1 Å². The highest BCUT2D eigenvalue weighted by molar-refractivity contribution is 14.0. The molecule has 1 aromatic carbocycles. The molecule has 0 amide bonds. The van der Waals surface area contributed by atoms with Crippen LogP contribution in [0, 0.1) is 6.92 Å². The summed E-state index contributed by atoms with van der Waals surface area (Å²) >= 11 is 0.